The molecule has 1 aliphatic heterocycles. The van der Waals surface area contributed by atoms with Crippen molar-refractivity contribution >= 4 is 23.3 Å². The third-order valence-corrected chi connectivity index (χ3v) is 7.81. The molecule has 2 aromatic heterocycles. The zero-order valence-electron chi connectivity index (χ0n) is 20.4. The van der Waals surface area contributed by atoms with E-state index in [-0.39, 0.29) is 11.9 Å². The summed E-state index contributed by atoms with van der Waals surface area (Å²) in [6, 6.07) is -0.0259. The second-order valence-corrected chi connectivity index (χ2v) is 10.5. The molecule has 1 fully saturated rings. The molecule has 2 aromatic rings. The largest absolute Gasteiger partial charge is 0.464 e. The van der Waals surface area contributed by atoms with Gasteiger partial charge in [0, 0.05) is 61.0 Å². The Morgan fingerprint density at radius 3 is 2.72 bits per heavy atom. The lowest BCUT2D eigenvalue weighted by molar-refractivity contribution is -0.117. The van der Waals surface area contributed by atoms with Crippen molar-refractivity contribution in [1.29, 1.82) is 0 Å². The number of nitrogens with zero attached hydrogens (tertiary/aromatic N) is 4. The standard InChI is InChI=1S/C25H32F3N5O2S/c1-17-29-14-18(15-30-17)2-3-23(34)31-19-4-8-25(28,9-5-19)10-13-33-11-6-20-21(7-12-33)36-24(32-20)35-16-22(26)27/h2-3,14-15,19,22H,4-13,16H2,1H3,(H,31,34)/b3-2+. The van der Waals surface area contributed by atoms with E-state index in [0.717, 1.165) is 35.6 Å². The van der Waals surface area contributed by atoms with Gasteiger partial charge in [-0.15, -0.1) is 0 Å². The number of alkyl halides is 3. The molecule has 7 nitrogen and oxygen atoms in total. The van der Waals surface area contributed by atoms with Crippen LogP contribution in [0.2, 0.25) is 0 Å². The maximum absolute atomic E-state index is 15.5. The molecule has 1 amide bonds. The number of aryl methyl sites for hydroxylation is 1. The van der Waals surface area contributed by atoms with Crippen LogP contribution in [0.1, 0.15) is 54.1 Å². The van der Waals surface area contributed by atoms with Gasteiger partial charge in [-0.2, -0.15) is 0 Å². The van der Waals surface area contributed by atoms with Gasteiger partial charge >= 0.3 is 0 Å². The third kappa shape index (κ3) is 7.73. The molecular formula is C25H32F3N5O2S. The maximum atomic E-state index is 15.5. The van der Waals surface area contributed by atoms with Crippen LogP contribution >= 0.6 is 11.3 Å². The number of ether oxygens (including phenoxy) is 1. The molecule has 3 heterocycles. The summed E-state index contributed by atoms with van der Waals surface area (Å²) in [6.07, 6.45) is 7.97. The van der Waals surface area contributed by atoms with E-state index in [4.69, 9.17) is 4.74 Å². The van der Waals surface area contributed by atoms with Gasteiger partial charge in [-0.25, -0.2) is 28.1 Å². The Bertz CT molecular complexity index is 1010. The number of thiazole rings is 1. The number of carbonyl (C=O) groups excluding carboxylic acids is 1. The van der Waals surface area contributed by atoms with Crippen molar-refractivity contribution in [2.75, 3.05) is 26.2 Å². The first kappa shape index (κ1) is 26.5. The molecular weight excluding hydrogens is 491 g/mol. The Morgan fingerprint density at radius 1 is 1.28 bits per heavy atom. The quantitative estimate of drug-likeness (QED) is 0.498. The molecule has 11 heteroatoms. The van der Waals surface area contributed by atoms with E-state index < -0.39 is 18.7 Å². The van der Waals surface area contributed by atoms with E-state index in [1.54, 1.807) is 25.4 Å². The summed E-state index contributed by atoms with van der Waals surface area (Å²) in [5, 5.41) is 3.28. The van der Waals surface area contributed by atoms with Crippen LogP contribution in [0.25, 0.3) is 6.08 Å². The molecule has 2 aliphatic rings. The summed E-state index contributed by atoms with van der Waals surface area (Å²) in [5.74, 6) is 0.479. The van der Waals surface area contributed by atoms with E-state index in [1.165, 1.54) is 17.4 Å². The van der Waals surface area contributed by atoms with Crippen LogP contribution in [-0.4, -0.2) is 70.1 Å². The highest BCUT2D eigenvalue weighted by Gasteiger charge is 2.36. The molecule has 0 radical (unpaired) electrons. The van der Waals surface area contributed by atoms with Gasteiger partial charge in [0.2, 0.25) is 5.91 Å². The Kier molecular flexibility index (Phi) is 8.95. The molecule has 4 rings (SSSR count). The molecule has 0 aromatic carbocycles. The van der Waals surface area contributed by atoms with Crippen molar-refractivity contribution in [1.82, 2.24) is 25.2 Å². The van der Waals surface area contributed by atoms with Crippen LogP contribution in [0, 0.1) is 6.92 Å². The summed E-state index contributed by atoms with van der Waals surface area (Å²) in [7, 11) is 0. The van der Waals surface area contributed by atoms with Gasteiger partial charge in [0.05, 0.1) is 5.69 Å². The minimum atomic E-state index is -2.51. The molecule has 1 aliphatic carbocycles. The summed E-state index contributed by atoms with van der Waals surface area (Å²) in [5.41, 5.74) is 0.436. The molecule has 196 valence electrons. The van der Waals surface area contributed by atoms with Gasteiger partial charge in [-0.1, -0.05) is 11.3 Å². The number of rotatable bonds is 9. The number of carbonyl (C=O) groups is 1. The lowest BCUT2D eigenvalue weighted by atomic mass is 9.81. The highest BCUT2D eigenvalue weighted by molar-refractivity contribution is 7.13. The summed E-state index contributed by atoms with van der Waals surface area (Å²) >= 11 is 1.33. The van der Waals surface area contributed by atoms with Gasteiger partial charge in [-0.3, -0.25) is 4.79 Å². The number of amides is 1. The van der Waals surface area contributed by atoms with Crippen molar-refractivity contribution in [3.05, 3.63) is 40.4 Å². The maximum Gasteiger partial charge on any atom is 0.273 e. The first-order valence-corrected chi connectivity index (χ1v) is 13.2. The molecule has 36 heavy (non-hydrogen) atoms. The number of nitrogens with one attached hydrogen (secondary N) is 1. The van der Waals surface area contributed by atoms with Crippen LogP contribution in [0.15, 0.2) is 18.5 Å². The topological polar surface area (TPSA) is 80.2 Å². The van der Waals surface area contributed by atoms with Gasteiger partial charge in [-0.05, 0) is 51.5 Å². The Morgan fingerprint density at radius 2 is 2.00 bits per heavy atom. The first-order chi connectivity index (χ1) is 17.3. The van der Waals surface area contributed by atoms with Crippen LogP contribution in [-0.2, 0) is 17.6 Å². The van der Waals surface area contributed by atoms with E-state index in [2.05, 4.69) is 25.2 Å². The van der Waals surface area contributed by atoms with Gasteiger partial charge in [0.1, 0.15) is 11.5 Å². The number of hydrogen-bond acceptors (Lipinski definition) is 7. The Balaban J connectivity index is 1.17. The van der Waals surface area contributed by atoms with Gasteiger partial charge in [0.15, 0.2) is 6.61 Å². The predicted molar refractivity (Wildman–Crippen MR) is 132 cm³/mol. The number of halogens is 3. The van der Waals surface area contributed by atoms with Crippen molar-refractivity contribution in [3.8, 4) is 5.19 Å². The second kappa shape index (κ2) is 12.1. The monoisotopic (exact) mass is 523 g/mol. The van der Waals surface area contributed by atoms with Crippen molar-refractivity contribution in [2.45, 2.75) is 70.0 Å². The Hall–Kier alpha value is -2.53. The molecule has 1 N–H and O–H groups in total. The zero-order valence-corrected chi connectivity index (χ0v) is 21.2. The third-order valence-electron chi connectivity index (χ3n) is 6.74. The lowest BCUT2D eigenvalue weighted by Crippen LogP contribution is -2.42. The van der Waals surface area contributed by atoms with Crippen LogP contribution in [0.4, 0.5) is 13.2 Å². The van der Waals surface area contributed by atoms with Crippen molar-refractivity contribution < 1.29 is 22.7 Å². The molecule has 0 atom stereocenters. The number of fused-ring (bicyclic) bond motifs is 1. The molecule has 0 saturated heterocycles. The first-order valence-electron chi connectivity index (χ1n) is 12.4. The van der Waals surface area contributed by atoms with Crippen molar-refractivity contribution in [3.63, 3.8) is 0 Å². The average Bonchev–Trinajstić information content (AvgIpc) is 3.15. The molecule has 0 spiro atoms. The van der Waals surface area contributed by atoms with Crippen LogP contribution in [0.5, 0.6) is 5.19 Å². The van der Waals surface area contributed by atoms with Crippen LogP contribution < -0.4 is 10.1 Å². The van der Waals surface area contributed by atoms with Crippen LogP contribution in [0.3, 0.4) is 0 Å². The number of aromatic nitrogens is 3. The van der Waals surface area contributed by atoms with E-state index in [9.17, 15) is 13.6 Å². The Labute approximate surface area is 213 Å². The fourth-order valence-corrected chi connectivity index (χ4v) is 5.56. The summed E-state index contributed by atoms with van der Waals surface area (Å²) in [4.78, 5) is 28.1. The lowest BCUT2D eigenvalue weighted by Gasteiger charge is -2.35. The second-order valence-electron chi connectivity index (χ2n) is 9.47. The molecule has 0 bridgehead atoms. The van der Waals surface area contributed by atoms with Crippen molar-refractivity contribution in [2.24, 2.45) is 0 Å². The normalized spacial score (nSPS) is 23.0. The SMILES string of the molecule is Cc1ncc(/C=C/C(=O)NC2CCC(F)(CCN3CCc4nc(OCC(F)F)sc4CC3)CC2)cn1. The molecule has 0 unspecified atom stereocenters. The predicted octanol–water partition coefficient (Wildman–Crippen LogP) is 4.16. The summed E-state index contributed by atoms with van der Waals surface area (Å²) < 4.78 is 45.3. The van der Waals surface area contributed by atoms with E-state index in [1.807, 2.05) is 0 Å². The summed E-state index contributed by atoms with van der Waals surface area (Å²) in [6.45, 7) is 3.38. The fourth-order valence-electron chi connectivity index (χ4n) is 4.60. The van der Waals surface area contributed by atoms with Gasteiger partial charge < -0.3 is 15.0 Å². The fraction of sp³-hybridized carbons (Fsp3) is 0.600. The van der Waals surface area contributed by atoms with E-state index in [0.29, 0.717) is 56.1 Å². The average molecular weight is 524 g/mol. The zero-order chi connectivity index (χ0) is 25.5. The highest BCUT2D eigenvalue weighted by atomic mass is 32.1. The van der Waals surface area contributed by atoms with Gasteiger partial charge in [0.25, 0.3) is 11.6 Å². The smallest absolute Gasteiger partial charge is 0.273 e. The molecule has 1 saturated carbocycles. The minimum absolute atomic E-state index is 0.0259. The number of hydrogen-bond donors (Lipinski definition) is 1. The minimum Gasteiger partial charge on any atom is -0.464 e. The highest BCUT2D eigenvalue weighted by Crippen LogP contribution is 2.35. The van der Waals surface area contributed by atoms with E-state index >= 15 is 4.39 Å².